The average Bonchev–Trinajstić information content (AvgIpc) is 2.86. The quantitative estimate of drug-likeness (QED) is 0.937. The molecule has 0 saturated carbocycles. The molecule has 2 N–H and O–H groups in total. The summed E-state index contributed by atoms with van der Waals surface area (Å²) in [5.74, 6) is -0.0259. The van der Waals surface area contributed by atoms with Gasteiger partial charge in [-0.1, -0.05) is 0 Å². The fraction of sp³-hybridized carbons (Fsp3) is 0.182. The highest BCUT2D eigenvalue weighted by molar-refractivity contribution is 9.10. The molecule has 0 aliphatic heterocycles. The van der Waals surface area contributed by atoms with E-state index in [1.54, 1.807) is 29.4 Å². The van der Waals surface area contributed by atoms with Crippen LogP contribution in [0, 0.1) is 0 Å². The average molecular weight is 331 g/mol. The molecular weight excluding hydrogens is 320 g/mol. The number of carbonyl (C=O) groups is 1. The minimum absolute atomic E-state index is 0.0259. The lowest BCUT2D eigenvalue weighted by molar-refractivity contribution is 0.0792. The van der Waals surface area contributed by atoms with E-state index >= 15 is 0 Å². The number of rotatable bonds is 3. The van der Waals surface area contributed by atoms with Gasteiger partial charge in [0, 0.05) is 21.8 Å². The summed E-state index contributed by atoms with van der Waals surface area (Å²) in [7, 11) is 1.79. The maximum Gasteiger partial charge on any atom is 0.266 e. The van der Waals surface area contributed by atoms with Crippen LogP contribution in [0.25, 0.3) is 0 Å². The van der Waals surface area contributed by atoms with Crippen molar-refractivity contribution in [3.05, 3.63) is 37.1 Å². The molecule has 0 atom stereocenters. The topological polar surface area (TPSA) is 46.3 Å². The number of nitrogens with zero attached hydrogens (tertiary/aromatic N) is 1. The van der Waals surface area contributed by atoms with Gasteiger partial charge in [-0.05, 0) is 33.4 Å². The number of carbonyl (C=O) groups excluding carboxylic acids is 1. The first kappa shape index (κ1) is 12.6. The Labute approximate surface area is 116 Å². The van der Waals surface area contributed by atoms with E-state index in [-0.39, 0.29) is 5.91 Å². The van der Waals surface area contributed by atoms with Gasteiger partial charge in [0.2, 0.25) is 0 Å². The molecule has 0 unspecified atom stereocenters. The summed E-state index contributed by atoms with van der Waals surface area (Å²) in [5, 5.41) is 3.84. The normalized spacial score (nSPS) is 10.5. The first-order chi connectivity index (χ1) is 8.08. The number of thiophene rings is 2. The molecule has 0 spiro atoms. The molecule has 0 aliphatic rings. The summed E-state index contributed by atoms with van der Waals surface area (Å²) in [6.45, 7) is 0.604. The molecule has 0 aromatic carbocycles. The van der Waals surface area contributed by atoms with Crippen LogP contribution in [0.2, 0.25) is 0 Å². The van der Waals surface area contributed by atoms with Gasteiger partial charge in [-0.3, -0.25) is 4.79 Å². The second-order valence-corrected chi connectivity index (χ2v) is 6.43. The number of anilines is 1. The molecule has 2 rings (SSSR count). The van der Waals surface area contributed by atoms with E-state index in [0.29, 0.717) is 17.1 Å². The van der Waals surface area contributed by atoms with Crippen molar-refractivity contribution in [2.45, 2.75) is 6.54 Å². The van der Waals surface area contributed by atoms with Crippen molar-refractivity contribution in [3.8, 4) is 0 Å². The van der Waals surface area contributed by atoms with Crippen LogP contribution < -0.4 is 5.73 Å². The molecule has 2 aromatic rings. The first-order valence-electron chi connectivity index (χ1n) is 4.89. The Balaban J connectivity index is 2.08. The Hall–Kier alpha value is -0.850. The van der Waals surface area contributed by atoms with Gasteiger partial charge in [-0.25, -0.2) is 0 Å². The Bertz CT molecular complexity index is 535. The van der Waals surface area contributed by atoms with E-state index in [9.17, 15) is 4.79 Å². The molecule has 1 amide bonds. The summed E-state index contributed by atoms with van der Waals surface area (Å²) < 4.78 is 1.05. The third-order valence-corrected chi connectivity index (χ3v) is 4.85. The van der Waals surface area contributed by atoms with Crippen molar-refractivity contribution in [1.82, 2.24) is 4.90 Å². The van der Waals surface area contributed by atoms with E-state index in [1.807, 2.05) is 16.8 Å². The third kappa shape index (κ3) is 2.88. The molecule has 0 bridgehead atoms. The van der Waals surface area contributed by atoms with E-state index < -0.39 is 0 Å². The highest BCUT2D eigenvalue weighted by Gasteiger charge is 2.16. The number of nitrogen functional groups attached to an aromatic ring is 1. The summed E-state index contributed by atoms with van der Waals surface area (Å²) in [6.07, 6.45) is 0. The number of nitrogens with two attached hydrogens (primary N) is 1. The first-order valence-corrected chi connectivity index (χ1v) is 7.44. The zero-order valence-electron chi connectivity index (χ0n) is 9.14. The predicted octanol–water partition coefficient (Wildman–Crippen LogP) is 3.43. The summed E-state index contributed by atoms with van der Waals surface area (Å²) in [5.41, 5.74) is 6.29. The van der Waals surface area contributed by atoms with Crippen molar-refractivity contribution in [1.29, 1.82) is 0 Å². The van der Waals surface area contributed by atoms with Crippen LogP contribution in [0.5, 0.6) is 0 Å². The summed E-state index contributed by atoms with van der Waals surface area (Å²) in [6, 6.07) is 3.78. The Kier molecular flexibility index (Phi) is 3.86. The Morgan fingerprint density at radius 2 is 2.29 bits per heavy atom. The Morgan fingerprint density at radius 3 is 2.82 bits per heavy atom. The minimum Gasteiger partial charge on any atom is -0.397 e. The molecule has 0 radical (unpaired) electrons. The van der Waals surface area contributed by atoms with Crippen LogP contribution in [0.3, 0.4) is 0 Å². The number of hydrogen-bond donors (Lipinski definition) is 1. The van der Waals surface area contributed by atoms with Crippen LogP contribution in [0.15, 0.2) is 27.4 Å². The van der Waals surface area contributed by atoms with Crippen molar-refractivity contribution < 1.29 is 4.79 Å². The zero-order chi connectivity index (χ0) is 12.4. The summed E-state index contributed by atoms with van der Waals surface area (Å²) >= 11 is 6.41. The van der Waals surface area contributed by atoms with Gasteiger partial charge in [-0.2, -0.15) is 0 Å². The monoisotopic (exact) mass is 330 g/mol. The molecule has 3 nitrogen and oxygen atoms in total. The standard InChI is InChI=1S/C11H11BrN2OS2/c1-14(5-8-4-7(12)6-17-8)11(15)10-9(13)2-3-16-10/h2-4,6H,5,13H2,1H3. The van der Waals surface area contributed by atoms with Crippen LogP contribution >= 0.6 is 38.6 Å². The number of amides is 1. The second kappa shape index (κ2) is 5.20. The van der Waals surface area contributed by atoms with Gasteiger partial charge in [0.15, 0.2) is 0 Å². The maximum atomic E-state index is 12.1. The van der Waals surface area contributed by atoms with E-state index in [0.717, 1.165) is 9.35 Å². The van der Waals surface area contributed by atoms with E-state index in [2.05, 4.69) is 15.9 Å². The van der Waals surface area contributed by atoms with E-state index in [1.165, 1.54) is 11.3 Å². The van der Waals surface area contributed by atoms with Gasteiger partial charge in [0.25, 0.3) is 5.91 Å². The van der Waals surface area contributed by atoms with Gasteiger partial charge in [0.1, 0.15) is 4.88 Å². The van der Waals surface area contributed by atoms with Gasteiger partial charge in [0.05, 0.1) is 12.2 Å². The smallest absolute Gasteiger partial charge is 0.266 e. The molecule has 2 heterocycles. The molecule has 6 heteroatoms. The lowest BCUT2D eigenvalue weighted by atomic mass is 10.3. The molecule has 0 fully saturated rings. The van der Waals surface area contributed by atoms with Crippen LogP contribution in [-0.4, -0.2) is 17.9 Å². The van der Waals surface area contributed by atoms with Crippen LogP contribution in [-0.2, 0) is 6.54 Å². The van der Waals surface area contributed by atoms with Gasteiger partial charge < -0.3 is 10.6 Å². The lowest BCUT2D eigenvalue weighted by Gasteiger charge is -2.15. The minimum atomic E-state index is -0.0259. The zero-order valence-corrected chi connectivity index (χ0v) is 12.4. The van der Waals surface area contributed by atoms with Crippen molar-refractivity contribution in [3.63, 3.8) is 0 Å². The third-order valence-electron chi connectivity index (χ3n) is 2.25. The van der Waals surface area contributed by atoms with Gasteiger partial charge in [-0.15, -0.1) is 22.7 Å². The molecule has 17 heavy (non-hydrogen) atoms. The second-order valence-electron chi connectivity index (χ2n) is 3.60. The lowest BCUT2D eigenvalue weighted by Crippen LogP contribution is -2.25. The fourth-order valence-corrected chi connectivity index (χ4v) is 3.72. The summed E-state index contributed by atoms with van der Waals surface area (Å²) in [4.78, 5) is 15.5. The Morgan fingerprint density at radius 1 is 1.53 bits per heavy atom. The largest absolute Gasteiger partial charge is 0.397 e. The highest BCUT2D eigenvalue weighted by atomic mass is 79.9. The highest BCUT2D eigenvalue weighted by Crippen LogP contribution is 2.24. The molecule has 0 aliphatic carbocycles. The van der Waals surface area contributed by atoms with Crippen LogP contribution in [0.4, 0.5) is 5.69 Å². The van der Waals surface area contributed by atoms with Gasteiger partial charge >= 0.3 is 0 Å². The van der Waals surface area contributed by atoms with Crippen molar-refractivity contribution in [2.75, 3.05) is 12.8 Å². The number of halogens is 1. The van der Waals surface area contributed by atoms with E-state index in [4.69, 9.17) is 5.73 Å². The maximum absolute atomic E-state index is 12.1. The molecule has 2 aromatic heterocycles. The SMILES string of the molecule is CN(Cc1cc(Br)cs1)C(=O)c1sccc1N. The predicted molar refractivity (Wildman–Crippen MR) is 76.5 cm³/mol. The van der Waals surface area contributed by atoms with Crippen LogP contribution in [0.1, 0.15) is 14.5 Å². The van der Waals surface area contributed by atoms with Crippen molar-refractivity contribution >= 4 is 50.2 Å². The number of hydrogen-bond acceptors (Lipinski definition) is 4. The molecule has 90 valence electrons. The van der Waals surface area contributed by atoms with Crippen molar-refractivity contribution in [2.24, 2.45) is 0 Å². The fourth-order valence-electron chi connectivity index (χ4n) is 1.41. The molecule has 0 saturated heterocycles. The molecular formula is C11H11BrN2OS2.